The van der Waals surface area contributed by atoms with Crippen LogP contribution in [0.2, 0.25) is 0 Å². The van der Waals surface area contributed by atoms with Gasteiger partial charge in [0.25, 0.3) is 0 Å². The van der Waals surface area contributed by atoms with E-state index < -0.39 is 0 Å². The molecule has 0 unspecified atom stereocenters. The lowest BCUT2D eigenvalue weighted by atomic mass is 10.2. The van der Waals surface area contributed by atoms with Gasteiger partial charge in [0.2, 0.25) is 5.91 Å². The normalized spacial score (nSPS) is 10.8. The molecule has 0 heterocycles. The third kappa shape index (κ3) is 6.75. The maximum atomic E-state index is 12.2. The summed E-state index contributed by atoms with van der Waals surface area (Å²) in [5.74, 6) is 1.19. The standard InChI is InChI=1S/C22H26BrNO3/c1-4-5-6-13-27-20-11-8-17(15-21(20)26-3)9-12-22(25)24-19-10-7-16(2)14-18(19)23/h7-12,14-15H,4-6,13H2,1-3H3,(H,24,25). The largest absolute Gasteiger partial charge is 0.493 e. The Morgan fingerprint density at radius 1 is 1.15 bits per heavy atom. The van der Waals surface area contributed by atoms with Gasteiger partial charge in [0, 0.05) is 10.5 Å². The minimum absolute atomic E-state index is 0.196. The van der Waals surface area contributed by atoms with Gasteiger partial charge in [-0.15, -0.1) is 0 Å². The molecule has 0 aromatic heterocycles. The molecule has 2 aromatic carbocycles. The van der Waals surface area contributed by atoms with Gasteiger partial charge in [-0.05, 0) is 70.7 Å². The molecule has 27 heavy (non-hydrogen) atoms. The van der Waals surface area contributed by atoms with Crippen molar-refractivity contribution in [2.24, 2.45) is 0 Å². The number of carbonyl (C=O) groups excluding carboxylic acids is 1. The van der Waals surface area contributed by atoms with Crippen molar-refractivity contribution in [1.82, 2.24) is 0 Å². The zero-order valence-corrected chi connectivity index (χ0v) is 17.6. The fraction of sp³-hybridized carbons (Fsp3) is 0.318. The fourth-order valence-corrected chi connectivity index (χ4v) is 3.10. The molecule has 4 nitrogen and oxygen atoms in total. The van der Waals surface area contributed by atoms with E-state index in [1.807, 2.05) is 43.3 Å². The Hall–Kier alpha value is -2.27. The lowest BCUT2D eigenvalue weighted by Crippen LogP contribution is -2.08. The molecular weight excluding hydrogens is 406 g/mol. The molecule has 0 spiro atoms. The summed E-state index contributed by atoms with van der Waals surface area (Å²) in [6.45, 7) is 4.84. The molecule has 5 heteroatoms. The first-order valence-electron chi connectivity index (χ1n) is 9.09. The van der Waals surface area contributed by atoms with Gasteiger partial charge in [-0.1, -0.05) is 31.9 Å². The second-order valence-electron chi connectivity index (χ2n) is 6.27. The number of nitrogens with one attached hydrogen (secondary N) is 1. The fourth-order valence-electron chi connectivity index (χ4n) is 2.51. The van der Waals surface area contributed by atoms with E-state index in [1.165, 1.54) is 6.08 Å². The van der Waals surface area contributed by atoms with Crippen LogP contribution in [0.3, 0.4) is 0 Å². The van der Waals surface area contributed by atoms with E-state index >= 15 is 0 Å². The van der Waals surface area contributed by atoms with Crippen LogP contribution in [-0.2, 0) is 4.79 Å². The van der Waals surface area contributed by atoms with Crippen LogP contribution in [0, 0.1) is 6.92 Å². The van der Waals surface area contributed by atoms with E-state index in [0.717, 1.165) is 46.3 Å². The molecule has 1 amide bonds. The summed E-state index contributed by atoms with van der Waals surface area (Å²) in [7, 11) is 1.61. The summed E-state index contributed by atoms with van der Waals surface area (Å²) in [6, 6.07) is 11.4. The smallest absolute Gasteiger partial charge is 0.248 e. The molecule has 0 saturated heterocycles. The Bertz CT molecular complexity index is 802. The number of hydrogen-bond donors (Lipinski definition) is 1. The van der Waals surface area contributed by atoms with Gasteiger partial charge in [-0.3, -0.25) is 4.79 Å². The Morgan fingerprint density at radius 2 is 1.96 bits per heavy atom. The van der Waals surface area contributed by atoms with Crippen molar-refractivity contribution in [2.75, 3.05) is 19.0 Å². The van der Waals surface area contributed by atoms with Gasteiger partial charge in [0.05, 0.1) is 19.4 Å². The number of halogens is 1. The van der Waals surface area contributed by atoms with Crippen molar-refractivity contribution >= 4 is 33.6 Å². The van der Waals surface area contributed by atoms with Gasteiger partial charge in [-0.25, -0.2) is 0 Å². The molecule has 0 atom stereocenters. The Kier molecular flexibility index (Phi) is 8.40. The summed E-state index contributed by atoms with van der Waals surface area (Å²) in [4.78, 5) is 12.2. The number of methoxy groups -OCH3 is 1. The maximum absolute atomic E-state index is 12.2. The van der Waals surface area contributed by atoms with Gasteiger partial charge < -0.3 is 14.8 Å². The SMILES string of the molecule is CCCCCOc1ccc(C=CC(=O)Nc2ccc(C)cc2Br)cc1OC. The van der Waals surface area contributed by atoms with Crippen molar-refractivity contribution in [2.45, 2.75) is 33.1 Å². The lowest BCUT2D eigenvalue weighted by Gasteiger charge is -2.11. The predicted octanol–water partition coefficient (Wildman–Crippen LogP) is 5.99. The van der Waals surface area contributed by atoms with Gasteiger partial charge in [0.15, 0.2) is 11.5 Å². The van der Waals surface area contributed by atoms with Gasteiger partial charge >= 0.3 is 0 Å². The summed E-state index contributed by atoms with van der Waals surface area (Å²) in [6.07, 6.45) is 6.58. The van der Waals surface area contributed by atoms with Crippen molar-refractivity contribution in [1.29, 1.82) is 0 Å². The zero-order valence-electron chi connectivity index (χ0n) is 16.0. The zero-order chi connectivity index (χ0) is 19.6. The monoisotopic (exact) mass is 431 g/mol. The van der Waals surface area contributed by atoms with Gasteiger partial charge in [-0.2, -0.15) is 0 Å². The molecule has 2 rings (SSSR count). The Labute approximate surface area is 169 Å². The molecular formula is C22H26BrNO3. The Morgan fingerprint density at radius 3 is 2.67 bits per heavy atom. The van der Waals surface area contributed by atoms with E-state index in [4.69, 9.17) is 9.47 Å². The number of rotatable bonds is 9. The minimum Gasteiger partial charge on any atom is -0.493 e. The van der Waals surface area contributed by atoms with Crippen LogP contribution in [0.5, 0.6) is 11.5 Å². The van der Waals surface area contributed by atoms with E-state index in [9.17, 15) is 4.79 Å². The number of anilines is 1. The average Bonchev–Trinajstić information content (AvgIpc) is 2.66. The van der Waals surface area contributed by atoms with Crippen LogP contribution in [0.4, 0.5) is 5.69 Å². The van der Waals surface area contributed by atoms with Crippen LogP contribution >= 0.6 is 15.9 Å². The quantitative estimate of drug-likeness (QED) is 0.391. The van der Waals surface area contributed by atoms with Crippen molar-refractivity contribution in [3.8, 4) is 11.5 Å². The summed E-state index contributed by atoms with van der Waals surface area (Å²) in [5, 5.41) is 2.86. The first kappa shape index (κ1) is 21.0. The molecule has 2 aromatic rings. The predicted molar refractivity (Wildman–Crippen MR) is 115 cm³/mol. The van der Waals surface area contributed by atoms with Crippen molar-refractivity contribution in [3.05, 3.63) is 58.1 Å². The number of carbonyl (C=O) groups is 1. The van der Waals surface area contributed by atoms with E-state index in [0.29, 0.717) is 12.4 Å². The first-order valence-corrected chi connectivity index (χ1v) is 9.89. The number of unbranched alkanes of at least 4 members (excludes halogenated alkanes) is 2. The molecule has 0 aliphatic carbocycles. The topological polar surface area (TPSA) is 47.6 Å². The second kappa shape index (κ2) is 10.8. The number of hydrogen-bond acceptors (Lipinski definition) is 3. The van der Waals surface area contributed by atoms with Crippen molar-refractivity contribution in [3.63, 3.8) is 0 Å². The van der Waals surface area contributed by atoms with Crippen LogP contribution in [-0.4, -0.2) is 19.6 Å². The Balaban J connectivity index is 1.99. The number of benzene rings is 2. The highest BCUT2D eigenvalue weighted by Gasteiger charge is 2.06. The van der Waals surface area contributed by atoms with E-state index in [1.54, 1.807) is 13.2 Å². The molecule has 144 valence electrons. The lowest BCUT2D eigenvalue weighted by molar-refractivity contribution is -0.111. The second-order valence-corrected chi connectivity index (χ2v) is 7.13. The highest BCUT2D eigenvalue weighted by Crippen LogP contribution is 2.29. The van der Waals surface area contributed by atoms with Crippen LogP contribution < -0.4 is 14.8 Å². The van der Waals surface area contributed by atoms with Crippen LogP contribution in [0.15, 0.2) is 46.9 Å². The number of ether oxygens (including phenoxy) is 2. The van der Waals surface area contributed by atoms with Gasteiger partial charge in [0.1, 0.15) is 0 Å². The third-order valence-electron chi connectivity index (χ3n) is 4.00. The van der Waals surface area contributed by atoms with E-state index in [2.05, 4.69) is 28.2 Å². The highest BCUT2D eigenvalue weighted by molar-refractivity contribution is 9.10. The molecule has 0 aliphatic heterocycles. The van der Waals surface area contributed by atoms with Crippen LogP contribution in [0.25, 0.3) is 6.08 Å². The molecule has 0 radical (unpaired) electrons. The third-order valence-corrected chi connectivity index (χ3v) is 4.66. The molecule has 0 saturated carbocycles. The maximum Gasteiger partial charge on any atom is 0.248 e. The van der Waals surface area contributed by atoms with Crippen molar-refractivity contribution < 1.29 is 14.3 Å². The number of amides is 1. The van der Waals surface area contributed by atoms with Crippen LogP contribution in [0.1, 0.15) is 37.3 Å². The summed E-state index contributed by atoms with van der Waals surface area (Å²) >= 11 is 3.46. The van der Waals surface area contributed by atoms with E-state index in [-0.39, 0.29) is 5.91 Å². The minimum atomic E-state index is -0.196. The molecule has 0 fully saturated rings. The average molecular weight is 432 g/mol. The highest BCUT2D eigenvalue weighted by atomic mass is 79.9. The number of aryl methyl sites for hydroxylation is 1. The molecule has 0 aliphatic rings. The summed E-state index contributed by atoms with van der Waals surface area (Å²) < 4.78 is 12.0. The molecule has 1 N–H and O–H groups in total. The molecule has 0 bridgehead atoms. The summed E-state index contributed by atoms with van der Waals surface area (Å²) in [5.41, 5.74) is 2.73. The first-order chi connectivity index (χ1) is 13.0.